The molecule has 3 nitrogen and oxygen atoms in total. The molecule has 0 saturated carbocycles. The van der Waals surface area contributed by atoms with Gasteiger partial charge in [-0.2, -0.15) is 0 Å². The third kappa shape index (κ3) is 3.38. The number of hydrogen-bond acceptors (Lipinski definition) is 5. The maximum absolute atomic E-state index is 5.66. The highest BCUT2D eigenvalue weighted by atomic mass is 35.5. The lowest BCUT2D eigenvalue weighted by Crippen LogP contribution is -1.80. The van der Waals surface area contributed by atoms with Crippen LogP contribution in [0.15, 0.2) is 16.5 Å². The number of halogens is 2. The Morgan fingerprint density at radius 1 is 1.27 bits per heavy atom. The molecule has 2 aromatic heterocycles. The minimum atomic E-state index is 0.421. The van der Waals surface area contributed by atoms with Crippen LogP contribution in [0.1, 0.15) is 10.8 Å². The molecule has 0 bridgehead atoms. The van der Waals surface area contributed by atoms with Crippen LogP contribution in [0.25, 0.3) is 0 Å². The summed E-state index contributed by atoms with van der Waals surface area (Å²) in [5.41, 5.74) is 0. The number of aromatic nitrogens is 2. The molecule has 0 unspecified atom stereocenters. The van der Waals surface area contributed by atoms with E-state index < -0.39 is 0 Å². The van der Waals surface area contributed by atoms with Crippen molar-refractivity contribution >= 4 is 46.3 Å². The zero-order valence-electron chi connectivity index (χ0n) is 7.44. The molecule has 0 atom stereocenters. The molecule has 0 aliphatic rings. The fraction of sp³-hybridized carbons (Fsp3) is 0.250. The molecule has 0 spiro atoms. The molecular formula is C8H6Cl2N2OS2. The molecular weight excluding hydrogens is 275 g/mol. The second-order valence-corrected chi connectivity index (χ2v) is 5.65. The van der Waals surface area contributed by atoms with Crippen LogP contribution in [0.4, 0.5) is 0 Å². The van der Waals surface area contributed by atoms with Crippen molar-refractivity contribution in [1.82, 2.24) is 10.2 Å². The number of hydrogen-bond donors (Lipinski definition) is 0. The highest BCUT2D eigenvalue weighted by Gasteiger charge is 2.04. The topological polar surface area (TPSA) is 38.9 Å². The number of thioether (sulfide) groups is 1. The first-order valence-electron chi connectivity index (χ1n) is 4.04. The Hall–Kier alpha value is -0.230. The van der Waals surface area contributed by atoms with Crippen LogP contribution in [-0.4, -0.2) is 10.2 Å². The maximum atomic E-state index is 5.66. The Bertz CT molecular complexity index is 403. The van der Waals surface area contributed by atoms with Gasteiger partial charge in [0, 0.05) is 5.75 Å². The van der Waals surface area contributed by atoms with Gasteiger partial charge < -0.3 is 4.42 Å². The largest absolute Gasteiger partial charge is 0.449 e. The first-order chi connectivity index (χ1) is 7.24. The Morgan fingerprint density at radius 3 is 2.73 bits per heavy atom. The second kappa shape index (κ2) is 5.21. The van der Waals surface area contributed by atoms with Gasteiger partial charge in [-0.25, -0.2) is 0 Å². The van der Waals surface area contributed by atoms with E-state index >= 15 is 0 Å². The van der Waals surface area contributed by atoms with Crippen molar-refractivity contribution in [3.63, 3.8) is 0 Å². The van der Waals surface area contributed by atoms with E-state index in [0.29, 0.717) is 9.69 Å². The van der Waals surface area contributed by atoms with Crippen molar-refractivity contribution in [2.45, 2.75) is 11.5 Å². The summed E-state index contributed by atoms with van der Waals surface area (Å²) in [6.45, 7) is 0. The smallest absolute Gasteiger partial charge is 0.207 e. The van der Waals surface area contributed by atoms with Gasteiger partial charge in [0.1, 0.15) is 10.8 Å². The summed E-state index contributed by atoms with van der Waals surface area (Å²) in [7, 11) is 0. The van der Waals surface area contributed by atoms with Crippen molar-refractivity contribution < 1.29 is 4.42 Å². The fourth-order valence-electron chi connectivity index (χ4n) is 0.960. The normalized spacial score (nSPS) is 10.8. The molecule has 2 aromatic rings. The van der Waals surface area contributed by atoms with Crippen molar-refractivity contribution in [3.8, 4) is 0 Å². The van der Waals surface area contributed by atoms with Crippen molar-refractivity contribution in [3.05, 3.63) is 32.6 Å². The van der Waals surface area contributed by atoms with E-state index in [1.54, 1.807) is 17.8 Å². The first-order valence-corrected chi connectivity index (χ1v) is 6.76. The molecule has 15 heavy (non-hydrogen) atoms. The third-order valence-electron chi connectivity index (χ3n) is 1.54. The summed E-state index contributed by atoms with van der Waals surface area (Å²) in [5, 5.41) is 8.97. The lowest BCUT2D eigenvalue weighted by Gasteiger charge is -1.94. The van der Waals surface area contributed by atoms with Crippen molar-refractivity contribution in [2.24, 2.45) is 0 Å². The predicted octanol–water partition coefficient (Wildman–Crippen LogP) is 3.87. The van der Waals surface area contributed by atoms with Crippen molar-refractivity contribution in [2.75, 3.05) is 0 Å². The van der Waals surface area contributed by atoms with Gasteiger partial charge >= 0.3 is 0 Å². The molecule has 0 N–H and O–H groups in total. The zero-order chi connectivity index (χ0) is 10.7. The number of rotatable bonds is 4. The Kier molecular flexibility index (Phi) is 3.91. The Labute approximate surface area is 105 Å². The Morgan fingerprint density at radius 2 is 2.13 bits per heavy atom. The van der Waals surface area contributed by atoms with E-state index in [1.165, 1.54) is 11.3 Å². The lowest BCUT2D eigenvalue weighted by molar-refractivity contribution is 0.532. The molecule has 0 aliphatic heterocycles. The third-order valence-corrected chi connectivity index (χ3v) is 3.91. The SMILES string of the molecule is Clc1ccc(CSCc2nnc(Cl)s2)o1. The minimum Gasteiger partial charge on any atom is -0.449 e. The molecule has 0 fully saturated rings. The van der Waals surface area contributed by atoms with Gasteiger partial charge in [-0.1, -0.05) is 11.3 Å². The summed E-state index contributed by atoms with van der Waals surface area (Å²) in [6, 6.07) is 3.60. The molecule has 7 heteroatoms. The number of furan rings is 1. The van der Waals surface area contributed by atoms with Gasteiger partial charge in [0.15, 0.2) is 5.22 Å². The molecule has 2 rings (SSSR count). The fourth-order valence-corrected chi connectivity index (χ4v) is 2.96. The average Bonchev–Trinajstić information content (AvgIpc) is 2.76. The van der Waals surface area contributed by atoms with E-state index in [1.807, 2.05) is 6.07 Å². The predicted molar refractivity (Wildman–Crippen MR) is 63.6 cm³/mol. The van der Waals surface area contributed by atoms with Crippen LogP contribution in [0.5, 0.6) is 0 Å². The van der Waals surface area contributed by atoms with Gasteiger partial charge in [-0.3, -0.25) is 0 Å². The van der Waals surface area contributed by atoms with Crippen LogP contribution < -0.4 is 0 Å². The number of nitrogens with zero attached hydrogens (tertiary/aromatic N) is 2. The van der Waals surface area contributed by atoms with E-state index in [-0.39, 0.29) is 0 Å². The van der Waals surface area contributed by atoms with Gasteiger partial charge in [-0.15, -0.1) is 22.0 Å². The lowest BCUT2D eigenvalue weighted by atomic mass is 10.5. The van der Waals surface area contributed by atoms with Crippen LogP contribution in [0.2, 0.25) is 9.69 Å². The zero-order valence-corrected chi connectivity index (χ0v) is 10.6. The van der Waals surface area contributed by atoms with Gasteiger partial charge in [0.25, 0.3) is 0 Å². The summed E-state index contributed by atoms with van der Waals surface area (Å²) in [4.78, 5) is 0. The summed E-state index contributed by atoms with van der Waals surface area (Å²) in [6.07, 6.45) is 0. The van der Waals surface area contributed by atoms with E-state index in [4.69, 9.17) is 27.6 Å². The molecule has 80 valence electrons. The van der Waals surface area contributed by atoms with Crippen molar-refractivity contribution in [1.29, 1.82) is 0 Å². The summed E-state index contributed by atoms with van der Waals surface area (Å²) < 4.78 is 5.69. The van der Waals surface area contributed by atoms with Gasteiger partial charge in [0.05, 0.1) is 5.75 Å². The van der Waals surface area contributed by atoms with Crippen LogP contribution in [-0.2, 0) is 11.5 Å². The minimum absolute atomic E-state index is 0.421. The van der Waals surface area contributed by atoms with Gasteiger partial charge in [0.2, 0.25) is 4.47 Å². The molecule has 0 aromatic carbocycles. The van der Waals surface area contributed by atoms with Crippen LogP contribution in [0, 0.1) is 0 Å². The van der Waals surface area contributed by atoms with Crippen LogP contribution in [0.3, 0.4) is 0 Å². The molecule has 0 amide bonds. The highest BCUT2D eigenvalue weighted by molar-refractivity contribution is 7.97. The summed E-state index contributed by atoms with van der Waals surface area (Å²) >= 11 is 14.4. The Balaban J connectivity index is 1.80. The second-order valence-electron chi connectivity index (χ2n) is 2.65. The van der Waals surface area contributed by atoms with E-state index in [2.05, 4.69) is 10.2 Å². The standard InChI is InChI=1S/C8H6Cl2N2OS2/c9-6-2-1-5(13-6)3-14-4-7-11-12-8(10)15-7/h1-2H,3-4H2. The van der Waals surface area contributed by atoms with E-state index in [9.17, 15) is 0 Å². The van der Waals surface area contributed by atoms with E-state index in [0.717, 1.165) is 22.3 Å². The molecule has 0 aliphatic carbocycles. The average molecular weight is 281 g/mol. The molecule has 0 radical (unpaired) electrons. The monoisotopic (exact) mass is 280 g/mol. The first kappa shape index (κ1) is 11.3. The summed E-state index contributed by atoms with van der Waals surface area (Å²) in [5.74, 6) is 2.41. The molecule has 2 heterocycles. The van der Waals surface area contributed by atoms with Gasteiger partial charge in [-0.05, 0) is 35.3 Å². The maximum Gasteiger partial charge on any atom is 0.207 e. The van der Waals surface area contributed by atoms with Crippen LogP contribution >= 0.6 is 46.3 Å². The quantitative estimate of drug-likeness (QED) is 0.852. The highest BCUT2D eigenvalue weighted by Crippen LogP contribution is 2.24. The molecule has 0 saturated heterocycles.